The van der Waals surface area contributed by atoms with Crippen molar-refractivity contribution in [2.24, 2.45) is 4.99 Å². The zero-order valence-electron chi connectivity index (χ0n) is 20.7. The van der Waals surface area contributed by atoms with Crippen molar-refractivity contribution in [2.45, 2.75) is 33.6 Å². The maximum Gasteiger partial charge on any atom is 0.253 e. The van der Waals surface area contributed by atoms with E-state index < -0.39 is 0 Å². The molecule has 36 heavy (non-hydrogen) atoms. The highest BCUT2D eigenvalue weighted by Crippen LogP contribution is 2.28. The van der Waals surface area contributed by atoms with Gasteiger partial charge in [0.25, 0.3) is 5.91 Å². The molecule has 1 heterocycles. The van der Waals surface area contributed by atoms with Gasteiger partial charge in [0.1, 0.15) is 11.7 Å². The van der Waals surface area contributed by atoms with E-state index in [-0.39, 0.29) is 17.7 Å². The van der Waals surface area contributed by atoms with Crippen LogP contribution >= 0.6 is 11.6 Å². The van der Waals surface area contributed by atoms with Gasteiger partial charge in [0.05, 0.1) is 33.9 Å². The molecule has 0 spiro atoms. The Morgan fingerprint density at radius 1 is 1.11 bits per heavy atom. The molecule has 0 fully saturated rings. The maximum absolute atomic E-state index is 13.2. The van der Waals surface area contributed by atoms with Crippen LogP contribution in [0.15, 0.2) is 59.6 Å². The minimum Gasteiger partial charge on any atom is -0.351 e. The number of carbonyl (C=O) groups is 1. The van der Waals surface area contributed by atoms with Crippen LogP contribution in [0.3, 0.4) is 0 Å². The number of amides is 1. The van der Waals surface area contributed by atoms with Crippen LogP contribution in [0.2, 0.25) is 5.02 Å². The van der Waals surface area contributed by atoms with Crippen molar-refractivity contribution in [3.8, 4) is 0 Å². The zero-order valence-corrected chi connectivity index (χ0v) is 21.5. The van der Waals surface area contributed by atoms with Crippen molar-refractivity contribution in [3.05, 3.63) is 93.3 Å². The van der Waals surface area contributed by atoms with E-state index >= 15 is 0 Å². The number of imidazole rings is 1. The highest BCUT2D eigenvalue weighted by Gasteiger charge is 2.21. The quantitative estimate of drug-likeness (QED) is 0.181. The Bertz CT molecular complexity index is 1400. The summed E-state index contributed by atoms with van der Waals surface area (Å²) in [5, 5.41) is 13.7. The average Bonchev–Trinajstić information content (AvgIpc) is 3.21. The van der Waals surface area contributed by atoms with Crippen LogP contribution in [0.1, 0.15) is 51.3 Å². The van der Waals surface area contributed by atoms with E-state index in [0.29, 0.717) is 22.8 Å². The molecule has 0 aliphatic carbocycles. The molecule has 0 aliphatic heterocycles. The topological polar surface area (TPSA) is 106 Å². The number of nitrogens with zero attached hydrogens (tertiary/aromatic N) is 2. The second-order valence-electron chi connectivity index (χ2n) is 8.89. The number of aromatic nitrogens is 2. The highest BCUT2D eigenvalue weighted by molar-refractivity contribution is 6.34. The number of benzene rings is 3. The Hall–Kier alpha value is -3.97. The second-order valence-corrected chi connectivity index (χ2v) is 9.29. The van der Waals surface area contributed by atoms with Crippen LogP contribution < -0.4 is 10.6 Å². The molecule has 7 nitrogen and oxygen atoms in total. The molecule has 4 N–H and O–H groups in total. The van der Waals surface area contributed by atoms with E-state index in [4.69, 9.17) is 22.0 Å². The maximum atomic E-state index is 13.2. The van der Waals surface area contributed by atoms with Crippen molar-refractivity contribution in [1.29, 1.82) is 5.41 Å². The summed E-state index contributed by atoms with van der Waals surface area (Å²) in [6.45, 7) is 7.93. The number of rotatable bonds is 7. The number of aromatic amines is 1. The summed E-state index contributed by atoms with van der Waals surface area (Å²) in [5.74, 6) is 0.564. The molecule has 0 saturated heterocycles. The van der Waals surface area contributed by atoms with E-state index in [9.17, 15) is 4.79 Å². The van der Waals surface area contributed by atoms with Crippen LogP contribution in [0.5, 0.6) is 0 Å². The monoisotopic (exact) mass is 500 g/mol. The fourth-order valence-corrected chi connectivity index (χ4v) is 4.47. The van der Waals surface area contributed by atoms with Crippen molar-refractivity contribution < 1.29 is 4.79 Å². The Morgan fingerprint density at radius 3 is 2.53 bits per heavy atom. The lowest BCUT2D eigenvalue weighted by Gasteiger charge is -2.17. The van der Waals surface area contributed by atoms with Crippen LogP contribution in [0.4, 0.5) is 5.69 Å². The lowest BCUT2D eigenvalue weighted by atomic mass is 9.98. The fraction of sp³-hybridized carbons (Fsp3) is 0.214. The number of halogens is 1. The minimum absolute atomic E-state index is 0.163. The van der Waals surface area contributed by atoms with Gasteiger partial charge in [0.15, 0.2) is 0 Å². The molecule has 0 saturated carbocycles. The number of aryl methyl sites for hydroxylation is 3. The van der Waals surface area contributed by atoms with Crippen molar-refractivity contribution in [1.82, 2.24) is 15.3 Å². The summed E-state index contributed by atoms with van der Waals surface area (Å²) in [4.78, 5) is 25.4. The van der Waals surface area contributed by atoms with Gasteiger partial charge in [-0.2, -0.15) is 0 Å². The molecule has 0 aliphatic rings. The highest BCUT2D eigenvalue weighted by atomic mass is 35.5. The normalized spacial score (nSPS) is 12.1. The Balaban J connectivity index is 1.58. The van der Waals surface area contributed by atoms with Gasteiger partial charge in [0.2, 0.25) is 0 Å². The molecule has 4 aromatic rings. The summed E-state index contributed by atoms with van der Waals surface area (Å²) >= 11 is 6.50. The molecular weight excluding hydrogens is 472 g/mol. The Kier molecular flexibility index (Phi) is 7.50. The van der Waals surface area contributed by atoms with E-state index in [1.165, 1.54) is 17.5 Å². The first kappa shape index (κ1) is 25.1. The number of anilines is 1. The SMILES string of the molecule is CC(=N)/N=C\Nc1cc(C)c(C(=O)NCC(c2ccccc2)c2nc3cc(C)c(C)cc3[nH]2)c(Cl)c1. The van der Waals surface area contributed by atoms with Crippen LogP contribution in [0.25, 0.3) is 11.0 Å². The second kappa shape index (κ2) is 10.7. The Labute approximate surface area is 215 Å². The standard InChI is InChI=1S/C28H29ClN6O/c1-16-11-24-25(12-17(16)2)35-27(34-24)22(20-8-6-5-7-9-20)14-31-28(36)26-18(3)10-21(13-23(26)29)33-15-32-19(4)30/h5-13,15,22H,14H2,1-4H3,(H,31,36)(H,34,35)(H2,30,32,33). The molecule has 1 atom stereocenters. The smallest absolute Gasteiger partial charge is 0.253 e. The summed E-state index contributed by atoms with van der Waals surface area (Å²) in [5.41, 5.74) is 7.16. The van der Waals surface area contributed by atoms with Crippen molar-refractivity contribution in [2.75, 3.05) is 11.9 Å². The summed E-state index contributed by atoms with van der Waals surface area (Å²) in [6.07, 6.45) is 1.42. The summed E-state index contributed by atoms with van der Waals surface area (Å²) < 4.78 is 0. The van der Waals surface area contributed by atoms with Gasteiger partial charge in [-0.1, -0.05) is 41.9 Å². The van der Waals surface area contributed by atoms with Gasteiger partial charge in [-0.25, -0.2) is 9.98 Å². The third-order valence-corrected chi connectivity index (χ3v) is 6.42. The van der Waals surface area contributed by atoms with Crippen molar-refractivity contribution >= 4 is 46.4 Å². The number of nitrogens with one attached hydrogen (secondary N) is 4. The molecule has 1 unspecified atom stereocenters. The minimum atomic E-state index is -0.253. The van der Waals surface area contributed by atoms with Gasteiger partial charge in [-0.3, -0.25) is 10.2 Å². The van der Waals surface area contributed by atoms with Gasteiger partial charge >= 0.3 is 0 Å². The number of aliphatic imine (C=N–C) groups is 1. The van der Waals surface area contributed by atoms with Gasteiger partial charge in [0, 0.05) is 12.2 Å². The molecule has 0 bridgehead atoms. The lowest BCUT2D eigenvalue weighted by molar-refractivity contribution is 0.0952. The largest absolute Gasteiger partial charge is 0.351 e. The summed E-state index contributed by atoms with van der Waals surface area (Å²) in [7, 11) is 0. The number of amidine groups is 1. The van der Waals surface area contributed by atoms with Gasteiger partial charge < -0.3 is 15.6 Å². The van der Waals surface area contributed by atoms with Crippen LogP contribution in [0, 0.1) is 26.2 Å². The van der Waals surface area contributed by atoms with E-state index in [0.717, 1.165) is 28.0 Å². The van der Waals surface area contributed by atoms with Crippen LogP contribution in [-0.2, 0) is 0 Å². The zero-order chi connectivity index (χ0) is 25.8. The first-order valence-corrected chi connectivity index (χ1v) is 12.0. The number of hydrogen-bond donors (Lipinski definition) is 4. The van der Waals surface area contributed by atoms with E-state index in [1.807, 2.05) is 43.3 Å². The predicted octanol–water partition coefficient (Wildman–Crippen LogP) is 6.14. The molecular formula is C28H29ClN6O. The fourth-order valence-electron chi connectivity index (χ4n) is 4.11. The Morgan fingerprint density at radius 2 is 1.83 bits per heavy atom. The number of hydrogen-bond acceptors (Lipinski definition) is 3. The third-order valence-electron chi connectivity index (χ3n) is 6.12. The van der Waals surface area contributed by atoms with Gasteiger partial charge in [-0.05, 0) is 74.2 Å². The van der Waals surface area contributed by atoms with Crippen molar-refractivity contribution in [3.63, 3.8) is 0 Å². The molecule has 1 aromatic heterocycles. The predicted molar refractivity (Wildman–Crippen MR) is 148 cm³/mol. The molecule has 4 rings (SSSR count). The molecule has 3 aromatic carbocycles. The number of carbonyl (C=O) groups excluding carboxylic acids is 1. The molecule has 0 radical (unpaired) electrons. The van der Waals surface area contributed by atoms with E-state index in [2.05, 4.69) is 46.6 Å². The summed E-state index contributed by atoms with van der Waals surface area (Å²) in [6, 6.07) is 17.7. The molecule has 1 amide bonds. The first-order valence-electron chi connectivity index (χ1n) is 11.7. The van der Waals surface area contributed by atoms with E-state index in [1.54, 1.807) is 13.0 Å². The average molecular weight is 501 g/mol. The third kappa shape index (κ3) is 5.63. The molecule has 8 heteroatoms. The number of H-pyrrole nitrogens is 1. The number of fused-ring (bicyclic) bond motifs is 1. The van der Waals surface area contributed by atoms with Gasteiger partial charge in [-0.15, -0.1) is 0 Å². The molecule has 184 valence electrons. The first-order chi connectivity index (χ1) is 17.2. The lowest BCUT2D eigenvalue weighted by Crippen LogP contribution is -2.30. The van der Waals surface area contributed by atoms with Crippen LogP contribution in [-0.4, -0.2) is 34.6 Å².